The van der Waals surface area contributed by atoms with Gasteiger partial charge in [-0.15, -0.1) is 0 Å². The van der Waals surface area contributed by atoms with Crippen molar-refractivity contribution in [3.05, 3.63) is 0 Å². The lowest BCUT2D eigenvalue weighted by Crippen LogP contribution is -2.66. The minimum absolute atomic E-state index is 0.0365. The van der Waals surface area contributed by atoms with E-state index >= 15 is 0 Å². The molecule has 2 saturated heterocycles. The summed E-state index contributed by atoms with van der Waals surface area (Å²) in [4.78, 5) is 11.8. The molecule has 0 aromatic heterocycles. The van der Waals surface area contributed by atoms with Crippen molar-refractivity contribution in [1.82, 2.24) is 5.32 Å². The van der Waals surface area contributed by atoms with Crippen LogP contribution in [0.2, 0.25) is 0 Å². The Morgan fingerprint density at radius 1 is 0.727 bits per heavy atom. The van der Waals surface area contributed by atoms with E-state index in [2.05, 4.69) is 5.32 Å². The highest BCUT2D eigenvalue weighted by atomic mass is 16.7. The van der Waals surface area contributed by atoms with Crippen LogP contribution in [0.4, 0.5) is 4.79 Å². The van der Waals surface area contributed by atoms with E-state index in [9.17, 15) is 55.9 Å². The molecule has 1 amide bonds. The molecule has 18 heteroatoms. The minimum atomic E-state index is -1.88. The lowest BCUT2D eigenvalue weighted by Gasteiger charge is -2.48. The number of rotatable bonds is 11. The third-order valence-corrected chi connectivity index (χ3v) is 7.65. The van der Waals surface area contributed by atoms with Gasteiger partial charge in [0.2, 0.25) is 0 Å². The van der Waals surface area contributed by atoms with Crippen LogP contribution in [-0.4, -0.2) is 182 Å². The molecular weight excluding hydrogens is 598 g/mol. The van der Waals surface area contributed by atoms with E-state index in [1.165, 1.54) is 0 Å². The molecule has 2 heterocycles. The third kappa shape index (κ3) is 8.93. The van der Waals surface area contributed by atoms with Crippen molar-refractivity contribution in [3.8, 4) is 0 Å². The first kappa shape index (κ1) is 37.1. The molecule has 11 N–H and O–H groups in total. The normalized spacial score (nSPS) is 43.4. The molecular formula is C26H47NO17. The van der Waals surface area contributed by atoms with Crippen LogP contribution in [-0.2, 0) is 28.4 Å². The van der Waals surface area contributed by atoms with Crippen LogP contribution in [0, 0.1) is 5.92 Å². The summed E-state index contributed by atoms with van der Waals surface area (Å²) in [6, 6.07) is 0. The predicted octanol–water partition coefficient (Wildman–Crippen LogP) is -5.36. The average Bonchev–Trinajstić information content (AvgIpc) is 2.97. The van der Waals surface area contributed by atoms with E-state index in [0.717, 1.165) is 0 Å². The van der Waals surface area contributed by atoms with Crippen molar-refractivity contribution in [2.45, 2.75) is 119 Å². The quantitative estimate of drug-likeness (QED) is 0.0935. The molecule has 18 nitrogen and oxygen atoms in total. The van der Waals surface area contributed by atoms with Gasteiger partial charge in [0, 0.05) is 19.1 Å². The van der Waals surface area contributed by atoms with Crippen LogP contribution in [0.1, 0.15) is 27.2 Å². The van der Waals surface area contributed by atoms with Crippen molar-refractivity contribution in [2.24, 2.45) is 5.92 Å². The molecule has 6 unspecified atom stereocenters. The van der Waals surface area contributed by atoms with E-state index in [4.69, 9.17) is 28.4 Å². The number of aliphatic hydroxyl groups excluding tert-OH is 10. The summed E-state index contributed by atoms with van der Waals surface area (Å²) in [7, 11) is 0. The number of carbonyl (C=O) groups is 1. The maximum Gasteiger partial charge on any atom is 0.407 e. The molecule has 15 atom stereocenters. The van der Waals surface area contributed by atoms with Gasteiger partial charge in [0.15, 0.2) is 12.6 Å². The summed E-state index contributed by atoms with van der Waals surface area (Å²) in [5.41, 5.74) is -0.715. The summed E-state index contributed by atoms with van der Waals surface area (Å²) in [6.07, 6.45) is -22.9. The van der Waals surface area contributed by atoms with Crippen LogP contribution in [0.15, 0.2) is 0 Å². The number of aliphatic hydroxyl groups is 10. The lowest BCUT2D eigenvalue weighted by molar-refractivity contribution is -0.365. The molecule has 1 saturated carbocycles. The Morgan fingerprint density at radius 3 is 1.82 bits per heavy atom. The van der Waals surface area contributed by atoms with Crippen molar-refractivity contribution >= 4 is 6.09 Å². The van der Waals surface area contributed by atoms with Gasteiger partial charge in [0.05, 0.1) is 32.0 Å². The fourth-order valence-electron chi connectivity index (χ4n) is 5.29. The molecule has 258 valence electrons. The summed E-state index contributed by atoms with van der Waals surface area (Å²) >= 11 is 0. The first-order valence-electron chi connectivity index (χ1n) is 14.4. The molecule has 2 aliphatic heterocycles. The number of hydrogen-bond donors (Lipinski definition) is 11. The second-order valence-corrected chi connectivity index (χ2v) is 12.1. The molecule has 3 rings (SSSR count). The predicted molar refractivity (Wildman–Crippen MR) is 142 cm³/mol. The third-order valence-electron chi connectivity index (χ3n) is 7.65. The highest BCUT2D eigenvalue weighted by Gasteiger charge is 2.53. The largest absolute Gasteiger partial charge is 0.444 e. The Hall–Kier alpha value is -1.33. The van der Waals surface area contributed by atoms with Gasteiger partial charge in [0.1, 0.15) is 66.6 Å². The molecule has 0 aromatic carbocycles. The van der Waals surface area contributed by atoms with E-state index in [0.29, 0.717) is 0 Å². The van der Waals surface area contributed by atoms with E-state index in [-0.39, 0.29) is 19.6 Å². The Bertz CT molecular complexity index is 887. The van der Waals surface area contributed by atoms with Gasteiger partial charge in [-0.1, -0.05) is 0 Å². The van der Waals surface area contributed by atoms with Gasteiger partial charge in [-0.3, -0.25) is 0 Å². The molecule has 0 aromatic rings. The number of amides is 1. The van der Waals surface area contributed by atoms with Gasteiger partial charge in [0.25, 0.3) is 0 Å². The van der Waals surface area contributed by atoms with Crippen LogP contribution in [0.25, 0.3) is 0 Å². The molecule has 3 fully saturated rings. The zero-order valence-corrected chi connectivity index (χ0v) is 24.7. The molecule has 0 spiro atoms. The molecule has 44 heavy (non-hydrogen) atoms. The van der Waals surface area contributed by atoms with Gasteiger partial charge in [-0.05, 0) is 27.2 Å². The van der Waals surface area contributed by atoms with E-state index < -0.39 is 123 Å². The number of carbonyl (C=O) groups excluding carboxylic acids is 1. The standard InChI is InChI=1S/C26H47NO17/c1-26(2,3)44-25(38)27-4-5-39-23-19(36)17(34)22(13(9-30)41-23)43-24-20(37)18(35)21(12(8-29)42-24)40-11-6-10(7-28)14(31)16(33)15(11)32/h10-24,28-37H,4-9H2,1-3H3,(H,27,38)/t10?,11-,12?,13-,14-,15?,16-,17?,18+,19?,20?,21-,22+,23+,24-/m0/s1. The van der Waals surface area contributed by atoms with E-state index in [1.807, 2.05) is 0 Å². The lowest BCUT2D eigenvalue weighted by atomic mass is 9.81. The zero-order valence-electron chi connectivity index (χ0n) is 24.7. The topological polar surface area (TPSA) is 287 Å². The van der Waals surface area contributed by atoms with Crippen LogP contribution < -0.4 is 5.32 Å². The maximum absolute atomic E-state index is 11.8. The highest BCUT2D eigenvalue weighted by molar-refractivity contribution is 5.67. The SMILES string of the molecule is CC(C)(C)OC(=O)NCCO[C@@H]1O[C@@H](CO)[C@@H](O[C@@H]2OC(CO)[C@H](O[C@H]3CC(CO)[C@H](O)[C@H](O)C3O)[C@H](O)C2O)C(O)C1O. The monoisotopic (exact) mass is 645 g/mol. The van der Waals surface area contributed by atoms with E-state index in [1.54, 1.807) is 20.8 Å². The van der Waals surface area contributed by atoms with Crippen LogP contribution in [0.5, 0.6) is 0 Å². The highest BCUT2D eigenvalue weighted by Crippen LogP contribution is 2.34. The molecule has 3 aliphatic rings. The number of ether oxygens (including phenoxy) is 6. The van der Waals surface area contributed by atoms with Crippen molar-refractivity contribution in [3.63, 3.8) is 0 Å². The molecule has 0 radical (unpaired) electrons. The summed E-state index contributed by atoms with van der Waals surface area (Å²) in [6.45, 7) is 2.80. The summed E-state index contributed by atoms with van der Waals surface area (Å²) in [5, 5.41) is 105. The van der Waals surface area contributed by atoms with Gasteiger partial charge in [-0.2, -0.15) is 0 Å². The average molecular weight is 646 g/mol. The van der Waals surface area contributed by atoms with Gasteiger partial charge in [-0.25, -0.2) is 4.79 Å². The number of nitrogens with one attached hydrogen (secondary N) is 1. The fraction of sp³-hybridized carbons (Fsp3) is 0.962. The molecule has 0 bridgehead atoms. The van der Waals surface area contributed by atoms with Crippen LogP contribution >= 0.6 is 0 Å². The smallest absolute Gasteiger partial charge is 0.407 e. The summed E-state index contributed by atoms with van der Waals surface area (Å²) < 4.78 is 33.0. The second kappa shape index (κ2) is 16.0. The Labute approximate surface area is 253 Å². The van der Waals surface area contributed by atoms with Crippen molar-refractivity contribution < 1.29 is 84.3 Å². The first-order chi connectivity index (χ1) is 20.6. The minimum Gasteiger partial charge on any atom is -0.444 e. The second-order valence-electron chi connectivity index (χ2n) is 12.1. The molecule has 1 aliphatic carbocycles. The van der Waals surface area contributed by atoms with Crippen molar-refractivity contribution in [2.75, 3.05) is 33.0 Å². The summed E-state index contributed by atoms with van der Waals surface area (Å²) in [5.74, 6) is -0.864. The maximum atomic E-state index is 11.8. The number of hydrogen-bond acceptors (Lipinski definition) is 17. The Kier molecular flexibility index (Phi) is 13.5. The number of alkyl carbamates (subject to hydrolysis) is 1. The van der Waals surface area contributed by atoms with Gasteiger partial charge >= 0.3 is 6.09 Å². The Balaban J connectivity index is 1.60. The van der Waals surface area contributed by atoms with Gasteiger partial charge < -0.3 is 84.8 Å². The fourth-order valence-corrected chi connectivity index (χ4v) is 5.29. The first-order valence-corrected chi connectivity index (χ1v) is 14.4. The van der Waals surface area contributed by atoms with Crippen molar-refractivity contribution in [1.29, 1.82) is 0 Å². The zero-order chi connectivity index (χ0) is 32.9. The Morgan fingerprint density at radius 2 is 1.27 bits per heavy atom. The van der Waals surface area contributed by atoms with Crippen LogP contribution in [0.3, 0.4) is 0 Å².